The van der Waals surface area contributed by atoms with Crippen LogP contribution in [0.3, 0.4) is 0 Å². The van der Waals surface area contributed by atoms with E-state index in [2.05, 4.69) is 4.98 Å². The Hall–Kier alpha value is -3.70. The molecule has 0 radical (unpaired) electrons. The van der Waals surface area contributed by atoms with Gasteiger partial charge in [-0.15, -0.1) is 0 Å². The number of rotatable bonds is 11. The zero-order chi connectivity index (χ0) is 30.1. The molecule has 1 aromatic heterocycles. The summed E-state index contributed by atoms with van der Waals surface area (Å²) in [6, 6.07) is 15.2. The number of ether oxygens (including phenoxy) is 3. The lowest BCUT2D eigenvalue weighted by molar-refractivity contribution is 0.0570. The fourth-order valence-corrected chi connectivity index (χ4v) is 5.55. The quantitative estimate of drug-likeness (QED) is 0.167. The normalized spacial score (nSPS) is 13.1. The summed E-state index contributed by atoms with van der Waals surface area (Å²) < 4.78 is 15.8. The van der Waals surface area contributed by atoms with E-state index in [9.17, 15) is 9.59 Å². The molecule has 2 aromatic carbocycles. The van der Waals surface area contributed by atoms with Crippen LogP contribution in [0.5, 0.6) is 11.5 Å². The zero-order valence-corrected chi connectivity index (χ0v) is 25.9. The molecule has 0 unspecified atom stereocenters. The number of carbonyl (C=O) groups excluding carboxylic acids is 2. The van der Waals surface area contributed by atoms with Crippen molar-refractivity contribution in [2.24, 2.45) is 0 Å². The van der Waals surface area contributed by atoms with E-state index in [1.54, 1.807) is 37.0 Å². The Kier molecular flexibility index (Phi) is 11.1. The van der Waals surface area contributed by atoms with E-state index in [0.717, 1.165) is 23.4 Å². The van der Waals surface area contributed by atoms with Crippen molar-refractivity contribution in [3.63, 3.8) is 0 Å². The van der Waals surface area contributed by atoms with E-state index in [4.69, 9.17) is 30.8 Å². The van der Waals surface area contributed by atoms with Crippen molar-refractivity contribution in [3.05, 3.63) is 70.4 Å². The van der Waals surface area contributed by atoms with Gasteiger partial charge >= 0.3 is 6.09 Å². The number of nitrogens with zero attached hydrogens (tertiary/aromatic N) is 5. The summed E-state index contributed by atoms with van der Waals surface area (Å²) in [5.41, 5.74) is 2.70. The van der Waals surface area contributed by atoms with E-state index in [0.29, 0.717) is 72.5 Å². The average Bonchev–Trinajstić information content (AvgIpc) is 3.02. The third-order valence-electron chi connectivity index (χ3n) is 6.87. The van der Waals surface area contributed by atoms with Gasteiger partial charge in [-0.05, 0) is 48.7 Å². The van der Waals surface area contributed by atoms with Crippen LogP contribution in [0.15, 0.2) is 53.7 Å². The zero-order valence-electron chi connectivity index (χ0n) is 24.3. The molecular formula is C30H36ClN5O5S. The van der Waals surface area contributed by atoms with Gasteiger partial charge in [0.25, 0.3) is 5.91 Å². The minimum atomic E-state index is -0.334. The molecule has 2 amide bonds. The van der Waals surface area contributed by atoms with Crippen LogP contribution in [0, 0.1) is 0 Å². The number of halogens is 1. The SMILES string of the molecule is CCOC(=O)N1CCN(C(=O)c2cccc(CSc3nc(Cl)cc(N(C)CCc4ccc(OC)c(OC)c4)n3)c2)CC1. The second kappa shape index (κ2) is 15.0. The minimum absolute atomic E-state index is 0.0530. The first-order valence-electron chi connectivity index (χ1n) is 13.7. The van der Waals surface area contributed by atoms with E-state index < -0.39 is 0 Å². The summed E-state index contributed by atoms with van der Waals surface area (Å²) in [4.78, 5) is 39.7. The van der Waals surface area contributed by atoms with Crippen molar-refractivity contribution < 1.29 is 23.8 Å². The van der Waals surface area contributed by atoms with E-state index in [-0.39, 0.29) is 12.0 Å². The summed E-state index contributed by atoms with van der Waals surface area (Å²) >= 11 is 7.82. The van der Waals surface area contributed by atoms with Crippen LogP contribution in [0.4, 0.5) is 10.6 Å². The van der Waals surface area contributed by atoms with Gasteiger partial charge in [0, 0.05) is 57.2 Å². The Morgan fingerprint density at radius 1 is 0.952 bits per heavy atom. The molecule has 0 aliphatic carbocycles. The maximum absolute atomic E-state index is 13.1. The Morgan fingerprint density at radius 2 is 1.69 bits per heavy atom. The fourth-order valence-electron chi connectivity index (χ4n) is 4.52. The lowest BCUT2D eigenvalue weighted by Gasteiger charge is -2.34. The van der Waals surface area contributed by atoms with Crippen LogP contribution >= 0.6 is 23.4 Å². The van der Waals surface area contributed by atoms with Crippen LogP contribution in [-0.4, -0.2) is 92.4 Å². The van der Waals surface area contributed by atoms with Gasteiger partial charge in [-0.1, -0.05) is 41.6 Å². The molecule has 10 nitrogen and oxygen atoms in total. The second-order valence-corrected chi connectivity index (χ2v) is 11.0. The average molecular weight is 614 g/mol. The molecule has 12 heteroatoms. The summed E-state index contributed by atoms with van der Waals surface area (Å²) in [7, 11) is 5.21. The number of carbonyl (C=O) groups is 2. The molecule has 1 aliphatic heterocycles. The monoisotopic (exact) mass is 613 g/mol. The summed E-state index contributed by atoms with van der Waals surface area (Å²) in [6.45, 7) is 4.67. The maximum Gasteiger partial charge on any atom is 0.409 e. The number of thioether (sulfide) groups is 1. The maximum atomic E-state index is 13.1. The van der Waals surface area contributed by atoms with Crippen molar-refractivity contribution in [1.82, 2.24) is 19.8 Å². The number of anilines is 1. The second-order valence-electron chi connectivity index (χ2n) is 9.66. The predicted octanol–water partition coefficient (Wildman–Crippen LogP) is 5.03. The number of methoxy groups -OCH3 is 2. The van der Waals surface area contributed by atoms with Crippen LogP contribution in [0.25, 0.3) is 0 Å². The van der Waals surface area contributed by atoms with Gasteiger partial charge in [0.1, 0.15) is 11.0 Å². The largest absolute Gasteiger partial charge is 0.493 e. The molecule has 224 valence electrons. The Morgan fingerprint density at radius 3 is 2.40 bits per heavy atom. The molecule has 4 rings (SSSR count). The lowest BCUT2D eigenvalue weighted by atomic mass is 10.1. The molecule has 0 saturated carbocycles. The highest BCUT2D eigenvalue weighted by Crippen LogP contribution is 2.28. The highest BCUT2D eigenvalue weighted by molar-refractivity contribution is 7.98. The number of hydrogen-bond acceptors (Lipinski definition) is 9. The number of piperazine rings is 1. The fraction of sp³-hybridized carbons (Fsp3) is 0.400. The van der Waals surface area contributed by atoms with Gasteiger partial charge in [0.05, 0.1) is 20.8 Å². The first-order chi connectivity index (χ1) is 20.3. The highest BCUT2D eigenvalue weighted by Gasteiger charge is 2.25. The molecular weight excluding hydrogens is 578 g/mol. The van der Waals surface area contributed by atoms with Gasteiger partial charge in [-0.2, -0.15) is 0 Å². The third-order valence-corrected chi connectivity index (χ3v) is 7.98. The van der Waals surface area contributed by atoms with Crippen LogP contribution in [0.1, 0.15) is 28.4 Å². The van der Waals surface area contributed by atoms with Crippen LogP contribution in [0.2, 0.25) is 5.15 Å². The van der Waals surface area contributed by atoms with Gasteiger partial charge in [0.2, 0.25) is 0 Å². The molecule has 0 N–H and O–H groups in total. The molecule has 0 bridgehead atoms. The van der Waals surface area contributed by atoms with Gasteiger partial charge in [-0.3, -0.25) is 4.79 Å². The molecule has 1 aliphatic rings. The molecule has 3 aromatic rings. The number of amides is 2. The Balaban J connectivity index is 1.34. The first kappa shape index (κ1) is 31.2. The smallest absolute Gasteiger partial charge is 0.409 e. The van der Waals surface area contributed by atoms with Crippen molar-refractivity contribution in [1.29, 1.82) is 0 Å². The first-order valence-corrected chi connectivity index (χ1v) is 15.1. The van der Waals surface area contributed by atoms with Crippen molar-refractivity contribution in [2.45, 2.75) is 24.3 Å². The van der Waals surface area contributed by atoms with Gasteiger partial charge in [0.15, 0.2) is 16.7 Å². The minimum Gasteiger partial charge on any atom is -0.493 e. The summed E-state index contributed by atoms with van der Waals surface area (Å²) in [5.74, 6) is 2.64. The van der Waals surface area contributed by atoms with E-state index >= 15 is 0 Å². The molecule has 1 fully saturated rings. The van der Waals surface area contributed by atoms with Crippen LogP contribution in [-0.2, 0) is 16.9 Å². The number of likely N-dealkylation sites (N-methyl/N-ethyl adjacent to an activating group) is 1. The van der Waals surface area contributed by atoms with Crippen molar-refractivity contribution >= 4 is 41.2 Å². The Labute approximate surface area is 255 Å². The molecule has 0 atom stereocenters. The van der Waals surface area contributed by atoms with Crippen molar-refractivity contribution in [3.8, 4) is 11.5 Å². The summed E-state index contributed by atoms with van der Waals surface area (Å²) in [6.07, 6.45) is 0.443. The molecule has 2 heterocycles. The Bertz CT molecular complexity index is 1390. The third kappa shape index (κ3) is 8.19. The standard InChI is InChI=1S/C30H36ClN5O5S/c1-5-41-30(38)36-15-13-35(14-16-36)28(37)23-8-6-7-22(17-23)20-42-29-32-26(31)19-27(33-29)34(2)12-11-21-9-10-24(39-3)25(18-21)40-4/h6-10,17-19H,5,11-16,20H2,1-4H3. The van der Waals surface area contributed by atoms with E-state index in [1.165, 1.54) is 11.8 Å². The molecule has 42 heavy (non-hydrogen) atoms. The molecule has 0 spiro atoms. The lowest BCUT2D eigenvalue weighted by Crippen LogP contribution is -2.50. The topological polar surface area (TPSA) is 97.3 Å². The molecule has 1 saturated heterocycles. The number of benzene rings is 2. The summed E-state index contributed by atoms with van der Waals surface area (Å²) in [5, 5.41) is 0.925. The van der Waals surface area contributed by atoms with Gasteiger partial charge < -0.3 is 28.9 Å². The number of hydrogen-bond donors (Lipinski definition) is 0. The predicted molar refractivity (Wildman–Crippen MR) is 164 cm³/mol. The van der Waals surface area contributed by atoms with Gasteiger partial charge in [-0.25, -0.2) is 14.8 Å². The van der Waals surface area contributed by atoms with Crippen molar-refractivity contribution in [2.75, 3.05) is 65.5 Å². The number of aromatic nitrogens is 2. The van der Waals surface area contributed by atoms with E-state index in [1.807, 2.05) is 54.4 Å². The van der Waals surface area contributed by atoms with Crippen LogP contribution < -0.4 is 14.4 Å². The highest BCUT2D eigenvalue weighted by atomic mass is 35.5.